The predicted octanol–water partition coefficient (Wildman–Crippen LogP) is 1.87. The van der Waals surface area contributed by atoms with Crippen molar-refractivity contribution in [1.29, 1.82) is 5.26 Å². The first-order chi connectivity index (χ1) is 8.24. The van der Waals surface area contributed by atoms with Gasteiger partial charge >= 0.3 is 0 Å². The second-order valence-corrected chi connectivity index (χ2v) is 3.66. The summed E-state index contributed by atoms with van der Waals surface area (Å²) >= 11 is 0. The molecule has 0 aliphatic heterocycles. The molecule has 1 aromatic carbocycles. The number of nitriles is 1. The summed E-state index contributed by atoms with van der Waals surface area (Å²) in [6.45, 7) is 2.08. The van der Waals surface area contributed by atoms with E-state index < -0.39 is 5.56 Å². The average Bonchev–Trinajstić information content (AvgIpc) is 2.39. The van der Waals surface area contributed by atoms with Gasteiger partial charge in [0, 0.05) is 5.56 Å². The van der Waals surface area contributed by atoms with Gasteiger partial charge in [0.05, 0.1) is 5.69 Å². The Morgan fingerprint density at radius 2 is 2.06 bits per heavy atom. The maximum Gasteiger partial charge on any atom is 0.282 e. The van der Waals surface area contributed by atoms with Crippen molar-refractivity contribution in [3.8, 4) is 17.3 Å². The highest BCUT2D eigenvalue weighted by molar-refractivity contribution is 5.60. The van der Waals surface area contributed by atoms with Crippen LogP contribution in [0.5, 0.6) is 0 Å². The van der Waals surface area contributed by atoms with E-state index in [1.165, 1.54) is 11.6 Å². The smallest absolute Gasteiger partial charge is 0.267 e. The van der Waals surface area contributed by atoms with E-state index in [0.29, 0.717) is 5.69 Å². The van der Waals surface area contributed by atoms with Gasteiger partial charge in [0.25, 0.3) is 5.56 Å². The Bertz CT molecular complexity index is 620. The van der Waals surface area contributed by atoms with E-state index in [0.717, 1.165) is 12.0 Å². The van der Waals surface area contributed by atoms with Gasteiger partial charge < -0.3 is 0 Å². The Hall–Kier alpha value is -2.41. The van der Waals surface area contributed by atoms with Crippen molar-refractivity contribution in [3.05, 3.63) is 51.8 Å². The Morgan fingerprint density at radius 3 is 2.65 bits per heavy atom. The molecule has 0 bridgehead atoms. The number of nitrogens with one attached hydrogen (secondary N) is 1. The quantitative estimate of drug-likeness (QED) is 0.848. The van der Waals surface area contributed by atoms with Crippen LogP contribution in [0.1, 0.15) is 18.1 Å². The molecule has 0 aliphatic rings. The predicted molar refractivity (Wildman–Crippen MR) is 64.4 cm³/mol. The van der Waals surface area contributed by atoms with Crippen LogP contribution in [0.3, 0.4) is 0 Å². The van der Waals surface area contributed by atoms with E-state index in [9.17, 15) is 4.79 Å². The maximum absolute atomic E-state index is 11.2. The molecule has 1 heterocycles. The monoisotopic (exact) mass is 225 g/mol. The minimum absolute atomic E-state index is 0.0783. The van der Waals surface area contributed by atoms with E-state index in [-0.39, 0.29) is 5.56 Å². The molecule has 84 valence electrons. The van der Waals surface area contributed by atoms with E-state index >= 15 is 0 Å². The Labute approximate surface area is 98.5 Å². The van der Waals surface area contributed by atoms with Gasteiger partial charge in [-0.25, -0.2) is 5.10 Å². The van der Waals surface area contributed by atoms with Crippen LogP contribution >= 0.6 is 0 Å². The SMILES string of the molecule is CCc1ccc(-c2cc(C#N)c(=O)[nH]n2)cc1. The lowest BCUT2D eigenvalue weighted by molar-refractivity contribution is 0.987. The third kappa shape index (κ3) is 2.23. The molecular weight excluding hydrogens is 214 g/mol. The van der Waals surface area contributed by atoms with Crippen LogP contribution in [0, 0.1) is 11.3 Å². The van der Waals surface area contributed by atoms with Crippen LogP contribution in [0.15, 0.2) is 35.1 Å². The van der Waals surface area contributed by atoms with Crippen LogP contribution in [0.2, 0.25) is 0 Å². The van der Waals surface area contributed by atoms with Crippen LogP contribution < -0.4 is 5.56 Å². The molecule has 4 heteroatoms. The second kappa shape index (κ2) is 4.62. The number of hydrogen-bond acceptors (Lipinski definition) is 3. The largest absolute Gasteiger partial charge is 0.282 e. The molecule has 0 aliphatic carbocycles. The van der Waals surface area contributed by atoms with E-state index in [2.05, 4.69) is 17.1 Å². The molecule has 0 radical (unpaired) electrons. The molecule has 2 rings (SSSR count). The van der Waals surface area contributed by atoms with Gasteiger partial charge in [0.1, 0.15) is 11.6 Å². The molecule has 0 amide bonds. The molecule has 0 saturated heterocycles. The Morgan fingerprint density at radius 1 is 1.35 bits per heavy atom. The van der Waals surface area contributed by atoms with Gasteiger partial charge in [-0.3, -0.25) is 4.79 Å². The highest BCUT2D eigenvalue weighted by atomic mass is 16.1. The maximum atomic E-state index is 11.2. The number of aromatic nitrogens is 2. The van der Waals surface area contributed by atoms with Gasteiger partial charge in [0.15, 0.2) is 0 Å². The minimum atomic E-state index is -0.457. The minimum Gasteiger partial charge on any atom is -0.267 e. The number of benzene rings is 1. The summed E-state index contributed by atoms with van der Waals surface area (Å²) in [6.07, 6.45) is 0.975. The molecule has 0 atom stereocenters. The highest BCUT2D eigenvalue weighted by Crippen LogP contribution is 2.16. The number of aromatic amines is 1. The Balaban J connectivity index is 2.46. The fourth-order valence-corrected chi connectivity index (χ4v) is 1.55. The molecule has 2 aromatic rings. The summed E-state index contributed by atoms with van der Waals surface area (Å²) in [7, 11) is 0. The van der Waals surface area contributed by atoms with Crippen molar-refractivity contribution in [2.75, 3.05) is 0 Å². The van der Waals surface area contributed by atoms with Crippen LogP contribution in [-0.2, 0) is 6.42 Å². The summed E-state index contributed by atoms with van der Waals surface area (Å²) < 4.78 is 0. The lowest BCUT2D eigenvalue weighted by Gasteiger charge is -2.01. The van der Waals surface area contributed by atoms with E-state index in [1.807, 2.05) is 30.3 Å². The number of H-pyrrole nitrogens is 1. The fraction of sp³-hybridized carbons (Fsp3) is 0.154. The normalized spacial score (nSPS) is 9.88. The van der Waals surface area contributed by atoms with Crippen LogP contribution in [-0.4, -0.2) is 10.2 Å². The number of hydrogen-bond donors (Lipinski definition) is 1. The summed E-state index contributed by atoms with van der Waals surface area (Å²) in [5, 5.41) is 15.0. The van der Waals surface area contributed by atoms with Gasteiger partial charge in [0.2, 0.25) is 0 Å². The van der Waals surface area contributed by atoms with Gasteiger partial charge in [-0.15, -0.1) is 0 Å². The third-order valence-electron chi connectivity index (χ3n) is 2.58. The third-order valence-corrected chi connectivity index (χ3v) is 2.58. The first-order valence-corrected chi connectivity index (χ1v) is 5.33. The first-order valence-electron chi connectivity index (χ1n) is 5.33. The van der Waals surface area contributed by atoms with Gasteiger partial charge in [-0.1, -0.05) is 31.2 Å². The molecule has 0 saturated carbocycles. The van der Waals surface area contributed by atoms with Gasteiger partial charge in [-0.05, 0) is 18.1 Å². The molecule has 1 aromatic heterocycles. The Kier molecular flexibility index (Phi) is 3.01. The van der Waals surface area contributed by atoms with Crippen LogP contribution in [0.25, 0.3) is 11.3 Å². The summed E-state index contributed by atoms with van der Waals surface area (Å²) in [6, 6.07) is 11.2. The van der Waals surface area contributed by atoms with E-state index in [1.54, 1.807) is 0 Å². The molecule has 0 fully saturated rings. The first kappa shape index (κ1) is 11.1. The lowest BCUT2D eigenvalue weighted by Crippen LogP contribution is -2.11. The highest BCUT2D eigenvalue weighted by Gasteiger charge is 2.04. The summed E-state index contributed by atoms with van der Waals surface area (Å²) in [5.74, 6) is 0. The topological polar surface area (TPSA) is 69.5 Å². The fourth-order valence-electron chi connectivity index (χ4n) is 1.55. The van der Waals surface area contributed by atoms with E-state index in [4.69, 9.17) is 5.26 Å². The lowest BCUT2D eigenvalue weighted by atomic mass is 10.1. The number of rotatable bonds is 2. The zero-order chi connectivity index (χ0) is 12.3. The standard InChI is InChI=1S/C13H11N3O/c1-2-9-3-5-10(6-4-9)12-7-11(8-14)13(17)16-15-12/h3-7H,2H2,1H3,(H,16,17). The van der Waals surface area contributed by atoms with Crippen molar-refractivity contribution in [1.82, 2.24) is 10.2 Å². The molecular formula is C13H11N3O. The molecule has 4 nitrogen and oxygen atoms in total. The second-order valence-electron chi connectivity index (χ2n) is 3.66. The molecule has 0 spiro atoms. The average molecular weight is 225 g/mol. The zero-order valence-electron chi connectivity index (χ0n) is 9.40. The zero-order valence-corrected chi connectivity index (χ0v) is 9.40. The molecule has 0 unspecified atom stereocenters. The van der Waals surface area contributed by atoms with Crippen molar-refractivity contribution in [3.63, 3.8) is 0 Å². The molecule has 1 N–H and O–H groups in total. The summed E-state index contributed by atoms with van der Waals surface area (Å²) in [5.41, 5.74) is 2.34. The number of nitrogens with zero attached hydrogens (tertiary/aromatic N) is 2. The summed E-state index contributed by atoms with van der Waals surface area (Å²) in [4.78, 5) is 11.2. The van der Waals surface area contributed by atoms with Gasteiger partial charge in [-0.2, -0.15) is 10.4 Å². The van der Waals surface area contributed by atoms with Crippen molar-refractivity contribution in [2.24, 2.45) is 0 Å². The molecule has 17 heavy (non-hydrogen) atoms. The van der Waals surface area contributed by atoms with Crippen LogP contribution in [0.4, 0.5) is 0 Å². The number of aryl methyl sites for hydroxylation is 1. The van der Waals surface area contributed by atoms with Crippen molar-refractivity contribution in [2.45, 2.75) is 13.3 Å². The van der Waals surface area contributed by atoms with Crippen molar-refractivity contribution < 1.29 is 0 Å². The van der Waals surface area contributed by atoms with Crippen molar-refractivity contribution >= 4 is 0 Å².